The van der Waals surface area contributed by atoms with E-state index in [9.17, 15) is 0 Å². The number of rotatable bonds is 6. The number of nitrogens with zero attached hydrogens (tertiary/aromatic N) is 1. The Morgan fingerprint density at radius 1 is 1.64 bits per heavy atom. The van der Waals surface area contributed by atoms with Gasteiger partial charge in [0.1, 0.15) is 0 Å². The van der Waals surface area contributed by atoms with Gasteiger partial charge in [0.2, 0.25) is 0 Å². The number of thiazole rings is 1. The highest BCUT2D eigenvalue weighted by molar-refractivity contribution is 7.09. The molecule has 0 saturated carbocycles. The van der Waals surface area contributed by atoms with Gasteiger partial charge in [0.25, 0.3) is 0 Å². The van der Waals surface area contributed by atoms with E-state index in [0.717, 1.165) is 30.3 Å². The van der Waals surface area contributed by atoms with E-state index in [4.69, 9.17) is 4.74 Å². The third-order valence-corrected chi connectivity index (χ3v) is 2.85. The van der Waals surface area contributed by atoms with Crippen molar-refractivity contribution in [3.63, 3.8) is 0 Å². The predicted molar refractivity (Wildman–Crippen MR) is 59.8 cm³/mol. The molecular weight excluding hydrogens is 196 g/mol. The van der Waals surface area contributed by atoms with Gasteiger partial charge >= 0.3 is 0 Å². The largest absolute Gasteiger partial charge is 0.385 e. The van der Waals surface area contributed by atoms with E-state index in [0.29, 0.717) is 6.04 Å². The Bertz CT molecular complexity index is 262. The molecule has 0 radical (unpaired) electrons. The van der Waals surface area contributed by atoms with Crippen LogP contribution in [0.25, 0.3) is 0 Å². The maximum atomic E-state index is 4.98. The molecule has 80 valence electrons. The molecule has 1 unspecified atom stereocenters. The highest BCUT2D eigenvalue weighted by Gasteiger charge is 2.06. The number of ether oxygens (including phenoxy) is 1. The minimum atomic E-state index is 0.344. The Hall–Kier alpha value is -0.450. The molecule has 1 rings (SSSR count). The maximum absolute atomic E-state index is 4.98. The fraction of sp³-hybridized carbons (Fsp3) is 0.700. The lowest BCUT2D eigenvalue weighted by Crippen LogP contribution is -2.21. The van der Waals surface area contributed by atoms with E-state index >= 15 is 0 Å². The van der Waals surface area contributed by atoms with E-state index < -0.39 is 0 Å². The maximum Gasteiger partial charge on any atom is 0.0898 e. The van der Waals surface area contributed by atoms with Crippen LogP contribution in [0.4, 0.5) is 0 Å². The summed E-state index contributed by atoms with van der Waals surface area (Å²) in [7, 11) is 1.73. The summed E-state index contributed by atoms with van der Waals surface area (Å²) >= 11 is 1.70. The Kier molecular flexibility index (Phi) is 5.07. The molecule has 1 atom stereocenters. The lowest BCUT2D eigenvalue weighted by Gasteiger charge is -2.10. The van der Waals surface area contributed by atoms with Gasteiger partial charge in [-0.25, -0.2) is 4.98 Å². The standard InChI is InChI=1S/C10H18N2OS/c1-8(11-5-4-6-13-3)10-7-14-9(2)12-10/h7-8,11H,4-6H2,1-3H3. The molecule has 0 aliphatic carbocycles. The number of nitrogens with one attached hydrogen (secondary N) is 1. The van der Waals surface area contributed by atoms with E-state index in [1.807, 2.05) is 6.92 Å². The van der Waals surface area contributed by atoms with Crippen LogP contribution in [0.2, 0.25) is 0 Å². The van der Waals surface area contributed by atoms with Crippen molar-refractivity contribution in [2.45, 2.75) is 26.3 Å². The van der Waals surface area contributed by atoms with Crippen LogP contribution in [0.1, 0.15) is 30.1 Å². The van der Waals surface area contributed by atoms with Gasteiger partial charge in [-0.15, -0.1) is 11.3 Å². The summed E-state index contributed by atoms with van der Waals surface area (Å²) in [4.78, 5) is 4.43. The van der Waals surface area contributed by atoms with Crippen molar-refractivity contribution in [3.05, 3.63) is 16.1 Å². The Morgan fingerprint density at radius 2 is 2.43 bits per heavy atom. The van der Waals surface area contributed by atoms with E-state index in [1.54, 1.807) is 18.4 Å². The number of aromatic nitrogens is 1. The summed E-state index contributed by atoms with van der Waals surface area (Å²) in [6.07, 6.45) is 1.05. The molecule has 0 aliphatic heterocycles. The van der Waals surface area contributed by atoms with Crippen LogP contribution in [-0.2, 0) is 4.74 Å². The van der Waals surface area contributed by atoms with Gasteiger partial charge in [-0.2, -0.15) is 0 Å². The third-order valence-electron chi connectivity index (χ3n) is 2.06. The zero-order valence-corrected chi connectivity index (χ0v) is 9.86. The summed E-state index contributed by atoms with van der Waals surface area (Å²) < 4.78 is 4.98. The number of hydrogen-bond donors (Lipinski definition) is 1. The molecule has 4 heteroatoms. The van der Waals surface area contributed by atoms with Crippen LogP contribution in [0.15, 0.2) is 5.38 Å². The summed E-state index contributed by atoms with van der Waals surface area (Å²) in [6.45, 7) is 5.97. The van der Waals surface area contributed by atoms with Crippen molar-refractivity contribution in [3.8, 4) is 0 Å². The van der Waals surface area contributed by atoms with Crippen LogP contribution in [0.5, 0.6) is 0 Å². The van der Waals surface area contributed by atoms with Gasteiger partial charge in [0.05, 0.1) is 10.7 Å². The minimum Gasteiger partial charge on any atom is -0.385 e. The molecule has 0 amide bonds. The second-order valence-corrected chi connectivity index (χ2v) is 4.38. The van der Waals surface area contributed by atoms with Crippen molar-refractivity contribution in [1.82, 2.24) is 10.3 Å². The molecule has 1 aromatic rings. The predicted octanol–water partition coefficient (Wildman–Crippen LogP) is 2.14. The molecular formula is C10H18N2OS. The molecule has 1 N–H and O–H groups in total. The second kappa shape index (κ2) is 6.11. The average Bonchev–Trinajstić information content (AvgIpc) is 2.59. The highest BCUT2D eigenvalue weighted by atomic mass is 32.1. The van der Waals surface area contributed by atoms with Crippen molar-refractivity contribution in [2.24, 2.45) is 0 Å². The molecule has 0 aromatic carbocycles. The Balaban J connectivity index is 2.25. The lowest BCUT2D eigenvalue weighted by molar-refractivity contribution is 0.193. The summed E-state index contributed by atoms with van der Waals surface area (Å²) in [5.41, 5.74) is 1.14. The average molecular weight is 214 g/mol. The molecule has 0 bridgehead atoms. The van der Waals surface area contributed by atoms with Crippen LogP contribution >= 0.6 is 11.3 Å². The van der Waals surface area contributed by atoms with Crippen molar-refractivity contribution in [1.29, 1.82) is 0 Å². The number of methoxy groups -OCH3 is 1. The van der Waals surface area contributed by atoms with Crippen LogP contribution in [-0.4, -0.2) is 25.2 Å². The molecule has 0 aliphatic rings. The molecule has 0 spiro atoms. The van der Waals surface area contributed by atoms with Crippen molar-refractivity contribution < 1.29 is 4.74 Å². The zero-order chi connectivity index (χ0) is 10.4. The Morgan fingerprint density at radius 3 is 3.00 bits per heavy atom. The van der Waals surface area contributed by atoms with Gasteiger partial charge in [-0.05, 0) is 26.8 Å². The van der Waals surface area contributed by atoms with Gasteiger partial charge in [-0.3, -0.25) is 0 Å². The summed E-state index contributed by atoms with van der Waals surface area (Å²) in [6, 6.07) is 0.344. The van der Waals surface area contributed by atoms with E-state index in [1.165, 1.54) is 0 Å². The smallest absolute Gasteiger partial charge is 0.0898 e. The lowest BCUT2D eigenvalue weighted by atomic mass is 10.2. The quantitative estimate of drug-likeness (QED) is 0.737. The fourth-order valence-electron chi connectivity index (χ4n) is 1.22. The first-order chi connectivity index (χ1) is 6.74. The molecule has 1 aromatic heterocycles. The first-order valence-corrected chi connectivity index (χ1v) is 5.76. The number of hydrogen-bond acceptors (Lipinski definition) is 4. The van der Waals surface area contributed by atoms with E-state index in [2.05, 4.69) is 22.6 Å². The molecule has 14 heavy (non-hydrogen) atoms. The zero-order valence-electron chi connectivity index (χ0n) is 9.04. The minimum absolute atomic E-state index is 0.344. The van der Waals surface area contributed by atoms with Crippen molar-refractivity contribution >= 4 is 11.3 Å². The molecule has 3 nitrogen and oxygen atoms in total. The monoisotopic (exact) mass is 214 g/mol. The Labute approximate surface area is 89.5 Å². The van der Waals surface area contributed by atoms with Crippen LogP contribution in [0, 0.1) is 6.92 Å². The van der Waals surface area contributed by atoms with Crippen LogP contribution in [0.3, 0.4) is 0 Å². The molecule has 0 fully saturated rings. The SMILES string of the molecule is COCCCNC(C)c1csc(C)n1. The first-order valence-electron chi connectivity index (χ1n) is 4.88. The fourth-order valence-corrected chi connectivity index (χ4v) is 1.92. The molecule has 0 saturated heterocycles. The first kappa shape index (κ1) is 11.6. The normalized spacial score (nSPS) is 13.1. The second-order valence-electron chi connectivity index (χ2n) is 3.31. The van der Waals surface area contributed by atoms with E-state index in [-0.39, 0.29) is 0 Å². The molecule has 1 heterocycles. The topological polar surface area (TPSA) is 34.1 Å². The third kappa shape index (κ3) is 3.74. The summed E-state index contributed by atoms with van der Waals surface area (Å²) in [5, 5.41) is 6.66. The van der Waals surface area contributed by atoms with Gasteiger partial charge < -0.3 is 10.1 Å². The highest BCUT2D eigenvalue weighted by Crippen LogP contribution is 2.15. The summed E-state index contributed by atoms with van der Waals surface area (Å²) in [5.74, 6) is 0. The number of aryl methyl sites for hydroxylation is 1. The van der Waals surface area contributed by atoms with Gasteiger partial charge in [0, 0.05) is 25.1 Å². The van der Waals surface area contributed by atoms with Gasteiger partial charge in [0.15, 0.2) is 0 Å². The van der Waals surface area contributed by atoms with Crippen LogP contribution < -0.4 is 5.32 Å². The van der Waals surface area contributed by atoms with Crippen molar-refractivity contribution in [2.75, 3.05) is 20.3 Å². The van der Waals surface area contributed by atoms with Gasteiger partial charge in [-0.1, -0.05) is 0 Å².